The minimum Gasteiger partial charge on any atom is -0.349 e. The second kappa shape index (κ2) is 7.91. The van der Waals surface area contributed by atoms with Gasteiger partial charge in [0.25, 0.3) is 5.56 Å². The Morgan fingerprint density at radius 3 is 2.61 bits per heavy atom. The van der Waals surface area contributed by atoms with Gasteiger partial charge in [-0.1, -0.05) is 65.3 Å². The first kappa shape index (κ1) is 19.9. The molecule has 3 aromatic carbocycles. The molecular formula is C25H20ClN3OS. The zero-order valence-corrected chi connectivity index (χ0v) is 18.7. The Hall–Kier alpha value is -3.02. The van der Waals surface area contributed by atoms with Crippen LogP contribution in [0.2, 0.25) is 5.02 Å². The number of nitrogens with zero attached hydrogens (tertiary/aromatic N) is 2. The maximum absolute atomic E-state index is 13.6. The van der Waals surface area contributed by atoms with Gasteiger partial charge in [0.05, 0.1) is 5.69 Å². The van der Waals surface area contributed by atoms with E-state index in [0.717, 1.165) is 22.3 Å². The number of aromatic nitrogens is 3. The van der Waals surface area contributed by atoms with Crippen LogP contribution in [0.5, 0.6) is 0 Å². The van der Waals surface area contributed by atoms with Gasteiger partial charge in [-0.05, 0) is 55.3 Å². The fourth-order valence-corrected chi connectivity index (χ4v) is 4.95. The average Bonchev–Trinajstić information content (AvgIpc) is 3.14. The number of halogens is 1. The molecule has 0 fully saturated rings. The number of aryl methyl sites for hydroxylation is 2. The van der Waals surface area contributed by atoms with E-state index >= 15 is 0 Å². The van der Waals surface area contributed by atoms with Crippen molar-refractivity contribution in [1.29, 1.82) is 0 Å². The quantitative estimate of drug-likeness (QED) is 0.256. The molecule has 2 aromatic heterocycles. The van der Waals surface area contributed by atoms with E-state index in [2.05, 4.69) is 37.0 Å². The highest BCUT2D eigenvalue weighted by Crippen LogP contribution is 2.29. The molecule has 0 spiro atoms. The topological polar surface area (TPSA) is 50.7 Å². The molecule has 0 saturated carbocycles. The first-order chi connectivity index (χ1) is 15.0. The molecule has 4 nitrogen and oxygen atoms in total. The molecule has 0 amide bonds. The van der Waals surface area contributed by atoms with Crippen LogP contribution in [0.1, 0.15) is 16.7 Å². The van der Waals surface area contributed by atoms with Gasteiger partial charge in [0.2, 0.25) is 0 Å². The van der Waals surface area contributed by atoms with Gasteiger partial charge in [-0.2, -0.15) is 0 Å². The molecule has 0 bridgehead atoms. The van der Waals surface area contributed by atoms with Gasteiger partial charge in [0.15, 0.2) is 5.16 Å². The molecule has 0 aliphatic heterocycles. The predicted molar refractivity (Wildman–Crippen MR) is 130 cm³/mol. The number of rotatable bonds is 4. The normalized spacial score (nSPS) is 11.5. The number of nitrogens with one attached hydrogen (secondary N) is 1. The molecule has 0 atom stereocenters. The maximum Gasteiger partial charge on any atom is 0.283 e. The van der Waals surface area contributed by atoms with Gasteiger partial charge < -0.3 is 4.98 Å². The van der Waals surface area contributed by atoms with Crippen LogP contribution >= 0.6 is 23.4 Å². The van der Waals surface area contributed by atoms with Gasteiger partial charge in [-0.25, -0.2) is 4.98 Å². The molecular weight excluding hydrogens is 426 g/mol. The van der Waals surface area contributed by atoms with Crippen LogP contribution in [-0.4, -0.2) is 14.5 Å². The summed E-state index contributed by atoms with van der Waals surface area (Å²) < 4.78 is 1.67. The lowest BCUT2D eigenvalue weighted by atomic mass is 10.1. The maximum atomic E-state index is 13.6. The van der Waals surface area contributed by atoms with Crippen molar-refractivity contribution in [2.24, 2.45) is 0 Å². The van der Waals surface area contributed by atoms with Crippen LogP contribution in [0, 0.1) is 13.8 Å². The molecule has 0 radical (unpaired) electrons. The predicted octanol–water partition coefficient (Wildman–Crippen LogP) is 6.43. The summed E-state index contributed by atoms with van der Waals surface area (Å²) in [6.45, 7) is 4.20. The second-order valence-corrected chi connectivity index (χ2v) is 9.00. The Balaban J connectivity index is 1.71. The molecule has 1 N–H and O–H groups in total. The molecule has 154 valence electrons. The number of thioether (sulfide) groups is 1. The van der Waals surface area contributed by atoms with Gasteiger partial charge in [0, 0.05) is 21.7 Å². The fourth-order valence-electron chi connectivity index (χ4n) is 3.76. The highest BCUT2D eigenvalue weighted by Gasteiger charge is 2.17. The Morgan fingerprint density at radius 1 is 1.03 bits per heavy atom. The molecule has 0 unspecified atom stereocenters. The first-order valence-corrected chi connectivity index (χ1v) is 11.4. The van der Waals surface area contributed by atoms with Crippen LogP contribution in [-0.2, 0) is 5.75 Å². The molecule has 0 aliphatic carbocycles. The van der Waals surface area contributed by atoms with Crippen LogP contribution < -0.4 is 5.56 Å². The lowest BCUT2D eigenvalue weighted by molar-refractivity contribution is 0.818. The molecule has 31 heavy (non-hydrogen) atoms. The van der Waals surface area contributed by atoms with Crippen molar-refractivity contribution in [3.05, 3.63) is 98.8 Å². The molecule has 6 heteroatoms. The van der Waals surface area contributed by atoms with Crippen molar-refractivity contribution in [3.8, 4) is 5.69 Å². The van der Waals surface area contributed by atoms with Crippen molar-refractivity contribution in [2.45, 2.75) is 24.8 Å². The summed E-state index contributed by atoms with van der Waals surface area (Å²) in [7, 11) is 0. The molecule has 5 rings (SSSR count). The van der Waals surface area contributed by atoms with Crippen LogP contribution in [0.4, 0.5) is 0 Å². The van der Waals surface area contributed by atoms with Gasteiger partial charge in [-0.15, -0.1) is 0 Å². The Kier molecular flexibility index (Phi) is 5.08. The number of para-hydroxylation sites is 1. The molecule has 0 saturated heterocycles. The third-order valence-electron chi connectivity index (χ3n) is 5.44. The fraction of sp³-hybridized carbons (Fsp3) is 0.120. The van der Waals surface area contributed by atoms with E-state index in [1.165, 1.54) is 16.7 Å². The van der Waals surface area contributed by atoms with Crippen molar-refractivity contribution in [3.63, 3.8) is 0 Å². The van der Waals surface area contributed by atoms with Crippen molar-refractivity contribution >= 4 is 45.3 Å². The van der Waals surface area contributed by atoms with Crippen LogP contribution in [0.15, 0.2) is 76.7 Å². The minimum atomic E-state index is -0.119. The highest BCUT2D eigenvalue weighted by molar-refractivity contribution is 7.98. The number of benzene rings is 3. The molecule has 2 heterocycles. The summed E-state index contributed by atoms with van der Waals surface area (Å²) in [4.78, 5) is 21.8. The zero-order chi connectivity index (χ0) is 21.5. The second-order valence-electron chi connectivity index (χ2n) is 7.62. The average molecular weight is 446 g/mol. The lowest BCUT2D eigenvalue weighted by Crippen LogP contribution is -2.21. The van der Waals surface area contributed by atoms with E-state index in [-0.39, 0.29) is 5.56 Å². The SMILES string of the molecule is Cc1ccc(C)c(CSc2nc3c([nH]c4ccccc43)c(=O)n2-c2ccc(Cl)cc2)c1. The van der Waals surface area contributed by atoms with Gasteiger partial charge in [0.1, 0.15) is 11.0 Å². The smallest absolute Gasteiger partial charge is 0.283 e. The molecule has 0 aliphatic rings. The number of H-pyrrole nitrogens is 1. The van der Waals surface area contributed by atoms with E-state index in [9.17, 15) is 4.79 Å². The highest BCUT2D eigenvalue weighted by atomic mass is 35.5. The summed E-state index contributed by atoms with van der Waals surface area (Å²) in [5.74, 6) is 0.724. The van der Waals surface area contributed by atoms with Crippen LogP contribution in [0.3, 0.4) is 0 Å². The number of hydrogen-bond donors (Lipinski definition) is 1. The standard InChI is InChI=1S/C25H20ClN3OS/c1-15-7-8-16(2)17(13-15)14-31-25-28-22-20-5-3-4-6-21(20)27-23(22)24(30)29(25)19-11-9-18(26)10-12-19/h3-13,27H,14H2,1-2H3. The van der Waals surface area contributed by atoms with Crippen molar-refractivity contribution < 1.29 is 0 Å². The van der Waals surface area contributed by atoms with Crippen molar-refractivity contribution in [1.82, 2.24) is 14.5 Å². The summed E-state index contributed by atoms with van der Waals surface area (Å²) in [6, 6.07) is 21.6. The number of aromatic amines is 1. The van der Waals surface area contributed by atoms with Crippen molar-refractivity contribution in [2.75, 3.05) is 0 Å². The number of fused-ring (bicyclic) bond motifs is 3. The van der Waals surface area contributed by atoms with Gasteiger partial charge in [-0.3, -0.25) is 9.36 Å². The number of hydrogen-bond acceptors (Lipinski definition) is 3. The van der Waals surface area contributed by atoms with E-state index in [1.807, 2.05) is 36.4 Å². The molecule has 5 aromatic rings. The Labute approximate surface area is 188 Å². The minimum absolute atomic E-state index is 0.119. The summed E-state index contributed by atoms with van der Waals surface area (Å²) >= 11 is 7.65. The summed E-state index contributed by atoms with van der Waals surface area (Å²) in [5.41, 5.74) is 6.42. The van der Waals surface area contributed by atoms with E-state index in [1.54, 1.807) is 28.5 Å². The van der Waals surface area contributed by atoms with Gasteiger partial charge >= 0.3 is 0 Å². The van der Waals surface area contributed by atoms with E-state index in [4.69, 9.17) is 16.6 Å². The Bertz CT molecular complexity index is 1490. The third kappa shape index (κ3) is 3.64. The van der Waals surface area contributed by atoms with Crippen LogP contribution in [0.25, 0.3) is 27.6 Å². The lowest BCUT2D eigenvalue weighted by Gasteiger charge is -2.13. The monoisotopic (exact) mass is 445 g/mol. The summed E-state index contributed by atoms with van der Waals surface area (Å²) in [6.07, 6.45) is 0. The Morgan fingerprint density at radius 2 is 1.81 bits per heavy atom. The van der Waals surface area contributed by atoms with E-state index in [0.29, 0.717) is 21.2 Å². The summed E-state index contributed by atoms with van der Waals surface area (Å²) in [5, 5.41) is 2.23. The zero-order valence-electron chi connectivity index (χ0n) is 17.1. The largest absolute Gasteiger partial charge is 0.349 e. The van der Waals surface area contributed by atoms with E-state index < -0.39 is 0 Å². The third-order valence-corrected chi connectivity index (χ3v) is 6.68. The first-order valence-electron chi connectivity index (χ1n) is 9.99.